The van der Waals surface area contributed by atoms with Crippen LogP contribution < -0.4 is 5.73 Å². The zero-order valence-corrected chi connectivity index (χ0v) is 20.1. The molecule has 1 aliphatic carbocycles. The Kier molecular flexibility index (Phi) is 5.55. The van der Waals surface area contributed by atoms with Gasteiger partial charge in [-0.2, -0.15) is 0 Å². The van der Waals surface area contributed by atoms with Crippen molar-refractivity contribution in [2.24, 2.45) is 4.99 Å². The molecule has 2 N–H and O–H groups in total. The SMILES string of the molecule is C=Cc1ccc(-c2cn(C3CCC3)c3ncnc(N)c23)c(I)c1N=C(C)c1ccccc1. The predicted octanol–water partition coefficient (Wildman–Crippen LogP) is 6.79. The van der Waals surface area contributed by atoms with E-state index in [-0.39, 0.29) is 0 Å². The third-order valence-electron chi connectivity index (χ3n) is 6.24. The molecule has 0 amide bonds. The lowest BCUT2D eigenvalue weighted by Crippen LogP contribution is -2.16. The molecule has 160 valence electrons. The highest BCUT2D eigenvalue weighted by molar-refractivity contribution is 14.1. The van der Waals surface area contributed by atoms with Gasteiger partial charge in [-0.1, -0.05) is 55.1 Å². The Morgan fingerprint density at radius 1 is 1.16 bits per heavy atom. The highest BCUT2D eigenvalue weighted by atomic mass is 127. The lowest BCUT2D eigenvalue weighted by Gasteiger charge is -2.27. The Morgan fingerprint density at radius 2 is 1.94 bits per heavy atom. The van der Waals surface area contributed by atoms with E-state index in [1.54, 1.807) is 6.33 Å². The average molecular weight is 533 g/mol. The maximum Gasteiger partial charge on any atom is 0.146 e. The summed E-state index contributed by atoms with van der Waals surface area (Å²) < 4.78 is 3.34. The molecular weight excluding hydrogens is 509 g/mol. The van der Waals surface area contributed by atoms with E-state index >= 15 is 0 Å². The van der Waals surface area contributed by atoms with Crippen molar-refractivity contribution in [1.29, 1.82) is 0 Å². The fraction of sp³-hybridized carbons (Fsp3) is 0.192. The Bertz CT molecular complexity index is 1350. The smallest absolute Gasteiger partial charge is 0.146 e. The summed E-state index contributed by atoms with van der Waals surface area (Å²) in [5.41, 5.74) is 13.4. The van der Waals surface area contributed by atoms with Gasteiger partial charge in [-0.25, -0.2) is 9.97 Å². The van der Waals surface area contributed by atoms with E-state index in [0.29, 0.717) is 11.9 Å². The van der Waals surface area contributed by atoms with E-state index in [2.05, 4.69) is 74.2 Å². The Labute approximate surface area is 201 Å². The van der Waals surface area contributed by atoms with Crippen LogP contribution in [0.5, 0.6) is 0 Å². The molecule has 0 aliphatic heterocycles. The standard InChI is InChI=1S/C26H24IN5/c1-3-17-12-13-20(23(27)24(17)31-16(2)18-8-5-4-6-9-18)21-14-32(19-10-7-11-19)26-22(21)25(28)29-15-30-26/h3-6,8-9,12-15,19H,1,7,10-11H2,2H3,(H2,28,29,30). The van der Waals surface area contributed by atoms with Crippen LogP contribution in [-0.2, 0) is 0 Å². The van der Waals surface area contributed by atoms with Gasteiger partial charge in [0.2, 0.25) is 0 Å². The van der Waals surface area contributed by atoms with E-state index < -0.39 is 0 Å². The second kappa shape index (κ2) is 8.50. The van der Waals surface area contributed by atoms with Crippen LogP contribution >= 0.6 is 22.6 Å². The molecule has 1 fully saturated rings. The number of nitrogen functional groups attached to an aromatic ring is 1. The van der Waals surface area contributed by atoms with Crippen LogP contribution in [0, 0.1) is 3.57 Å². The highest BCUT2D eigenvalue weighted by Crippen LogP contribution is 2.43. The third-order valence-corrected chi connectivity index (χ3v) is 7.33. The predicted molar refractivity (Wildman–Crippen MR) is 141 cm³/mol. The molecule has 0 saturated heterocycles. The molecule has 0 spiro atoms. The molecule has 32 heavy (non-hydrogen) atoms. The fourth-order valence-corrected chi connectivity index (χ4v) is 5.14. The van der Waals surface area contributed by atoms with Crippen molar-refractivity contribution in [3.8, 4) is 11.1 Å². The van der Waals surface area contributed by atoms with Crippen LogP contribution in [0.3, 0.4) is 0 Å². The lowest BCUT2D eigenvalue weighted by molar-refractivity contribution is 0.320. The summed E-state index contributed by atoms with van der Waals surface area (Å²) >= 11 is 2.39. The number of halogens is 1. The Balaban J connectivity index is 1.72. The number of aliphatic imine (C=N–C) groups is 1. The van der Waals surface area contributed by atoms with Gasteiger partial charge in [0.05, 0.1) is 11.1 Å². The third kappa shape index (κ3) is 3.52. The van der Waals surface area contributed by atoms with Gasteiger partial charge in [-0.15, -0.1) is 0 Å². The van der Waals surface area contributed by atoms with E-state index in [1.807, 2.05) is 31.2 Å². The number of rotatable bonds is 5. The topological polar surface area (TPSA) is 69.1 Å². The molecule has 1 aliphatic rings. The van der Waals surface area contributed by atoms with Crippen LogP contribution in [0.25, 0.3) is 28.2 Å². The van der Waals surface area contributed by atoms with Crippen molar-refractivity contribution in [2.45, 2.75) is 32.2 Å². The van der Waals surface area contributed by atoms with Crippen molar-refractivity contribution in [3.63, 3.8) is 0 Å². The maximum absolute atomic E-state index is 6.36. The minimum absolute atomic E-state index is 0.475. The Hall–Kier alpha value is -3.00. The number of nitrogens with zero attached hydrogens (tertiary/aromatic N) is 4. The summed E-state index contributed by atoms with van der Waals surface area (Å²) in [5, 5.41) is 0.915. The zero-order valence-electron chi connectivity index (χ0n) is 17.9. The van der Waals surface area contributed by atoms with Gasteiger partial charge < -0.3 is 10.3 Å². The van der Waals surface area contributed by atoms with Gasteiger partial charge in [-0.3, -0.25) is 4.99 Å². The molecular formula is C26H24IN5. The summed E-state index contributed by atoms with van der Waals surface area (Å²) in [6.45, 7) is 6.05. The van der Waals surface area contributed by atoms with Crippen LogP contribution in [0.15, 0.2) is 66.6 Å². The molecule has 0 unspecified atom stereocenters. The molecule has 2 aromatic heterocycles. The summed E-state index contributed by atoms with van der Waals surface area (Å²) in [4.78, 5) is 13.9. The van der Waals surface area contributed by atoms with E-state index in [0.717, 1.165) is 48.3 Å². The normalized spacial score (nSPS) is 14.5. The van der Waals surface area contributed by atoms with Crippen molar-refractivity contribution < 1.29 is 0 Å². The zero-order chi connectivity index (χ0) is 22.2. The minimum Gasteiger partial charge on any atom is -0.383 e. The number of fused-ring (bicyclic) bond motifs is 1. The summed E-state index contributed by atoms with van der Waals surface area (Å²) in [5.74, 6) is 0.511. The second-order valence-corrected chi connectivity index (χ2v) is 9.20. The Morgan fingerprint density at radius 3 is 2.62 bits per heavy atom. The first-order chi connectivity index (χ1) is 15.6. The second-order valence-electron chi connectivity index (χ2n) is 8.12. The first-order valence-corrected chi connectivity index (χ1v) is 11.8. The van der Waals surface area contributed by atoms with Gasteiger partial charge in [0.25, 0.3) is 0 Å². The monoisotopic (exact) mass is 533 g/mol. The molecule has 2 heterocycles. The largest absolute Gasteiger partial charge is 0.383 e. The van der Waals surface area contributed by atoms with E-state index in [9.17, 15) is 0 Å². The lowest BCUT2D eigenvalue weighted by atomic mass is 9.93. The number of nitrogens with two attached hydrogens (primary N) is 1. The first-order valence-electron chi connectivity index (χ1n) is 10.8. The van der Waals surface area contributed by atoms with Gasteiger partial charge in [0.1, 0.15) is 17.8 Å². The molecule has 5 nitrogen and oxygen atoms in total. The summed E-state index contributed by atoms with van der Waals surface area (Å²) in [7, 11) is 0. The van der Waals surface area contributed by atoms with Crippen LogP contribution in [-0.4, -0.2) is 20.2 Å². The van der Waals surface area contributed by atoms with Crippen molar-refractivity contribution in [3.05, 3.63) is 76.3 Å². The van der Waals surface area contributed by atoms with Gasteiger partial charge in [-0.05, 0) is 59.9 Å². The number of hydrogen-bond acceptors (Lipinski definition) is 4. The molecule has 0 radical (unpaired) electrons. The van der Waals surface area contributed by atoms with Gasteiger partial charge in [0, 0.05) is 32.6 Å². The fourth-order valence-electron chi connectivity index (χ4n) is 4.23. The molecule has 6 heteroatoms. The number of hydrogen-bond donors (Lipinski definition) is 1. The molecule has 0 atom stereocenters. The van der Waals surface area contributed by atoms with E-state index in [4.69, 9.17) is 10.7 Å². The van der Waals surface area contributed by atoms with Crippen LogP contribution in [0.2, 0.25) is 0 Å². The van der Waals surface area contributed by atoms with Gasteiger partial charge in [0.15, 0.2) is 0 Å². The number of anilines is 1. The summed E-state index contributed by atoms with van der Waals surface area (Å²) in [6.07, 6.45) is 9.21. The average Bonchev–Trinajstić information content (AvgIpc) is 3.14. The number of benzene rings is 2. The van der Waals surface area contributed by atoms with Crippen LogP contribution in [0.4, 0.5) is 11.5 Å². The van der Waals surface area contributed by atoms with Gasteiger partial charge >= 0.3 is 0 Å². The number of aromatic nitrogens is 3. The van der Waals surface area contributed by atoms with E-state index in [1.165, 1.54) is 19.3 Å². The van der Waals surface area contributed by atoms with Crippen molar-refractivity contribution >= 4 is 56.9 Å². The maximum atomic E-state index is 6.36. The summed E-state index contributed by atoms with van der Waals surface area (Å²) in [6, 6.07) is 14.9. The molecule has 5 rings (SSSR count). The highest BCUT2D eigenvalue weighted by Gasteiger charge is 2.25. The first kappa shape index (κ1) is 20.9. The molecule has 1 saturated carbocycles. The molecule has 4 aromatic rings. The molecule has 0 bridgehead atoms. The van der Waals surface area contributed by atoms with Crippen LogP contribution in [0.1, 0.15) is 43.4 Å². The quantitative estimate of drug-likeness (QED) is 0.227. The van der Waals surface area contributed by atoms with Crippen molar-refractivity contribution in [1.82, 2.24) is 14.5 Å². The minimum atomic E-state index is 0.475. The van der Waals surface area contributed by atoms with Crippen molar-refractivity contribution in [2.75, 3.05) is 5.73 Å². The molecule has 2 aromatic carbocycles.